The Morgan fingerprint density at radius 3 is 2.38 bits per heavy atom. The molecule has 8 nitrogen and oxygen atoms in total. The number of benzene rings is 1. The van der Waals surface area contributed by atoms with E-state index in [0.717, 1.165) is 0 Å². The average Bonchev–Trinajstić information content (AvgIpc) is 2.48. The van der Waals surface area contributed by atoms with Gasteiger partial charge in [0.15, 0.2) is 0 Å². The first kappa shape index (κ1) is 19.3. The van der Waals surface area contributed by atoms with E-state index >= 15 is 0 Å². The fraction of sp³-hybridized carbons (Fsp3) is 0.438. The number of carboxylic acid groups (broad SMARTS) is 1. The summed E-state index contributed by atoms with van der Waals surface area (Å²) in [6, 6.07) is 6.20. The Labute approximate surface area is 140 Å². The fourth-order valence-electron chi connectivity index (χ4n) is 1.67. The predicted octanol–water partition coefficient (Wildman–Crippen LogP) is 1.56. The Kier molecular flexibility index (Phi) is 7.03. The first-order valence-electron chi connectivity index (χ1n) is 7.50. The highest BCUT2D eigenvalue weighted by Crippen LogP contribution is 2.19. The zero-order chi connectivity index (χ0) is 18.2. The Morgan fingerprint density at radius 2 is 1.83 bits per heavy atom. The van der Waals surface area contributed by atoms with Crippen LogP contribution in [0.5, 0.6) is 5.75 Å². The van der Waals surface area contributed by atoms with E-state index in [4.69, 9.17) is 15.6 Å². The molecule has 0 atom stereocenters. The number of carbonyl (C=O) groups excluding carboxylic acids is 2. The van der Waals surface area contributed by atoms with Gasteiger partial charge in [-0.15, -0.1) is 0 Å². The quantitative estimate of drug-likeness (QED) is 0.543. The van der Waals surface area contributed by atoms with Gasteiger partial charge < -0.3 is 26.2 Å². The maximum Gasteiger partial charge on any atom is 0.319 e. The molecule has 0 saturated heterocycles. The number of carbonyl (C=O) groups is 3. The third kappa shape index (κ3) is 6.99. The van der Waals surface area contributed by atoms with Crippen molar-refractivity contribution in [3.63, 3.8) is 0 Å². The number of carboxylic acids is 1. The number of hydrogen-bond donors (Lipinski definition) is 4. The number of nitrogens with one attached hydrogen (secondary N) is 2. The molecule has 0 saturated carbocycles. The normalized spacial score (nSPS) is 10.8. The minimum absolute atomic E-state index is 0.134. The van der Waals surface area contributed by atoms with Crippen molar-refractivity contribution >= 4 is 23.6 Å². The molecule has 0 fully saturated rings. The van der Waals surface area contributed by atoms with Crippen molar-refractivity contribution in [1.29, 1.82) is 0 Å². The Bertz CT molecular complexity index is 584. The van der Waals surface area contributed by atoms with Crippen LogP contribution in [0.1, 0.15) is 26.7 Å². The zero-order valence-electron chi connectivity index (χ0n) is 13.8. The molecule has 0 aliphatic rings. The minimum Gasteiger partial charge on any atom is -0.493 e. The molecule has 0 aliphatic carbocycles. The van der Waals surface area contributed by atoms with Crippen molar-refractivity contribution in [1.82, 2.24) is 5.32 Å². The summed E-state index contributed by atoms with van der Waals surface area (Å²) in [6.07, 6.45) is 0.456. The van der Waals surface area contributed by atoms with Crippen LogP contribution in [0.4, 0.5) is 10.5 Å². The molecule has 0 aliphatic heterocycles. The SMILES string of the molecule is CC(C)(CCNC(=O)Nc1ccc(OCCC(N)=O)cc1)C(=O)O. The van der Waals surface area contributed by atoms with Gasteiger partial charge in [-0.1, -0.05) is 0 Å². The number of amides is 3. The van der Waals surface area contributed by atoms with Gasteiger partial charge in [0.2, 0.25) is 5.91 Å². The molecule has 1 aromatic rings. The molecule has 3 amide bonds. The number of hydrogen-bond acceptors (Lipinski definition) is 4. The Morgan fingerprint density at radius 1 is 1.21 bits per heavy atom. The van der Waals surface area contributed by atoms with Gasteiger partial charge in [-0.2, -0.15) is 0 Å². The summed E-state index contributed by atoms with van der Waals surface area (Å²) >= 11 is 0. The van der Waals surface area contributed by atoms with Gasteiger partial charge in [0.05, 0.1) is 18.4 Å². The molecule has 1 rings (SSSR count). The van der Waals surface area contributed by atoms with Crippen molar-refractivity contribution in [3.05, 3.63) is 24.3 Å². The number of anilines is 1. The van der Waals surface area contributed by atoms with Gasteiger partial charge in [0.25, 0.3) is 0 Å². The second kappa shape index (κ2) is 8.76. The highest BCUT2D eigenvalue weighted by atomic mass is 16.5. The third-order valence-corrected chi connectivity index (χ3v) is 3.34. The number of primary amides is 1. The summed E-state index contributed by atoms with van der Waals surface area (Å²) in [7, 11) is 0. The van der Waals surface area contributed by atoms with Crippen LogP contribution in [0.3, 0.4) is 0 Å². The van der Waals surface area contributed by atoms with Gasteiger partial charge in [-0.05, 0) is 44.5 Å². The maximum atomic E-state index is 11.7. The van der Waals surface area contributed by atoms with E-state index in [9.17, 15) is 14.4 Å². The minimum atomic E-state index is -0.906. The summed E-state index contributed by atoms with van der Waals surface area (Å²) in [5.74, 6) is -0.780. The molecule has 0 spiro atoms. The van der Waals surface area contributed by atoms with E-state index in [1.807, 2.05) is 0 Å². The molecule has 0 bridgehead atoms. The first-order chi connectivity index (χ1) is 11.2. The van der Waals surface area contributed by atoms with Crippen LogP contribution in [-0.4, -0.2) is 36.2 Å². The lowest BCUT2D eigenvalue weighted by Gasteiger charge is -2.19. The van der Waals surface area contributed by atoms with Crippen LogP contribution in [0.25, 0.3) is 0 Å². The van der Waals surface area contributed by atoms with E-state index in [0.29, 0.717) is 17.9 Å². The predicted molar refractivity (Wildman–Crippen MR) is 88.8 cm³/mol. The van der Waals surface area contributed by atoms with Crippen LogP contribution in [0.2, 0.25) is 0 Å². The van der Waals surface area contributed by atoms with E-state index in [2.05, 4.69) is 10.6 Å². The Hall–Kier alpha value is -2.77. The fourth-order valence-corrected chi connectivity index (χ4v) is 1.67. The van der Waals surface area contributed by atoms with Gasteiger partial charge in [0, 0.05) is 12.2 Å². The molecule has 5 N–H and O–H groups in total. The lowest BCUT2D eigenvalue weighted by Crippen LogP contribution is -2.34. The van der Waals surface area contributed by atoms with Crippen molar-refractivity contribution in [3.8, 4) is 5.75 Å². The molecule has 132 valence electrons. The largest absolute Gasteiger partial charge is 0.493 e. The highest BCUT2D eigenvalue weighted by molar-refractivity contribution is 5.89. The molecule has 0 radical (unpaired) electrons. The molecule has 0 unspecified atom stereocenters. The standard InChI is InChI=1S/C16H23N3O5/c1-16(2,14(21)22)8-9-18-15(23)19-11-3-5-12(6-4-11)24-10-7-13(17)20/h3-6H,7-10H2,1-2H3,(H2,17,20)(H,21,22)(H2,18,19,23). The molecular weight excluding hydrogens is 314 g/mol. The highest BCUT2D eigenvalue weighted by Gasteiger charge is 2.26. The Balaban J connectivity index is 2.36. The van der Waals surface area contributed by atoms with Crippen LogP contribution < -0.4 is 21.1 Å². The summed E-state index contributed by atoms with van der Waals surface area (Å²) in [6.45, 7) is 3.65. The van der Waals surface area contributed by atoms with Crippen LogP contribution in [-0.2, 0) is 9.59 Å². The van der Waals surface area contributed by atoms with Crippen molar-refractivity contribution < 1.29 is 24.2 Å². The van der Waals surface area contributed by atoms with E-state index in [-0.39, 0.29) is 19.6 Å². The van der Waals surface area contributed by atoms with E-state index in [1.54, 1.807) is 38.1 Å². The molecular formula is C16H23N3O5. The number of ether oxygens (including phenoxy) is 1. The van der Waals surface area contributed by atoms with Crippen LogP contribution in [0, 0.1) is 5.41 Å². The smallest absolute Gasteiger partial charge is 0.319 e. The number of nitrogens with two attached hydrogens (primary N) is 1. The monoisotopic (exact) mass is 337 g/mol. The summed E-state index contributed by atoms with van der Waals surface area (Å²) in [5.41, 5.74) is 4.68. The first-order valence-corrected chi connectivity index (χ1v) is 7.50. The lowest BCUT2D eigenvalue weighted by atomic mass is 9.90. The van der Waals surface area contributed by atoms with E-state index < -0.39 is 23.3 Å². The number of urea groups is 1. The van der Waals surface area contributed by atoms with Gasteiger partial charge >= 0.3 is 12.0 Å². The molecule has 1 aromatic carbocycles. The number of rotatable bonds is 9. The third-order valence-electron chi connectivity index (χ3n) is 3.34. The summed E-state index contributed by atoms with van der Waals surface area (Å²) < 4.78 is 5.32. The second-order valence-corrected chi connectivity index (χ2v) is 5.91. The van der Waals surface area contributed by atoms with Crippen LogP contribution >= 0.6 is 0 Å². The van der Waals surface area contributed by atoms with Crippen molar-refractivity contribution in [2.45, 2.75) is 26.7 Å². The average molecular weight is 337 g/mol. The second-order valence-electron chi connectivity index (χ2n) is 5.91. The van der Waals surface area contributed by atoms with Gasteiger partial charge in [0.1, 0.15) is 5.75 Å². The lowest BCUT2D eigenvalue weighted by molar-refractivity contribution is -0.147. The number of aliphatic carboxylic acids is 1. The van der Waals surface area contributed by atoms with Gasteiger partial charge in [-0.25, -0.2) is 4.79 Å². The molecule has 0 heterocycles. The molecule has 24 heavy (non-hydrogen) atoms. The van der Waals surface area contributed by atoms with Crippen LogP contribution in [0.15, 0.2) is 24.3 Å². The van der Waals surface area contributed by atoms with Crippen molar-refractivity contribution in [2.75, 3.05) is 18.5 Å². The summed E-state index contributed by atoms with van der Waals surface area (Å²) in [4.78, 5) is 33.3. The zero-order valence-corrected chi connectivity index (χ0v) is 13.8. The van der Waals surface area contributed by atoms with Gasteiger partial charge in [-0.3, -0.25) is 9.59 Å². The van der Waals surface area contributed by atoms with E-state index in [1.165, 1.54) is 0 Å². The van der Waals surface area contributed by atoms with Crippen molar-refractivity contribution in [2.24, 2.45) is 11.1 Å². The molecule has 0 aromatic heterocycles. The molecule has 8 heteroatoms. The maximum absolute atomic E-state index is 11.7. The topological polar surface area (TPSA) is 131 Å². The summed E-state index contributed by atoms with van der Waals surface area (Å²) in [5, 5.41) is 14.2.